The van der Waals surface area contributed by atoms with Crippen LogP contribution in [0.5, 0.6) is 0 Å². The topological polar surface area (TPSA) is 89.8 Å². The molecule has 22 heavy (non-hydrogen) atoms. The Balaban J connectivity index is 1.70. The van der Waals surface area contributed by atoms with Crippen molar-refractivity contribution in [1.29, 1.82) is 0 Å². The summed E-state index contributed by atoms with van der Waals surface area (Å²) < 4.78 is 1.20. The van der Waals surface area contributed by atoms with E-state index in [1.165, 1.54) is 16.0 Å². The van der Waals surface area contributed by atoms with Gasteiger partial charge in [-0.25, -0.2) is 9.67 Å². The Morgan fingerprint density at radius 1 is 1.36 bits per heavy atom. The summed E-state index contributed by atoms with van der Waals surface area (Å²) in [6.07, 6.45) is 1.82. The second-order valence-corrected chi connectivity index (χ2v) is 5.94. The first-order chi connectivity index (χ1) is 10.6. The molecule has 0 unspecified atom stereocenters. The maximum Gasteiger partial charge on any atom is 0.277 e. The molecule has 2 aromatic heterocycles. The zero-order valence-electron chi connectivity index (χ0n) is 11.8. The zero-order valence-corrected chi connectivity index (χ0v) is 12.6. The average molecular weight is 315 g/mol. The van der Waals surface area contributed by atoms with E-state index in [1.54, 1.807) is 30.5 Å². The smallest absolute Gasteiger partial charge is 0.277 e. The lowest BCUT2D eigenvalue weighted by atomic mass is 10.2. The highest BCUT2D eigenvalue weighted by Crippen LogP contribution is 2.16. The Morgan fingerprint density at radius 3 is 2.95 bits per heavy atom. The van der Waals surface area contributed by atoms with Crippen LogP contribution in [0.3, 0.4) is 0 Å². The summed E-state index contributed by atoms with van der Waals surface area (Å²) in [5.74, 6) is -0.212. The van der Waals surface area contributed by atoms with Gasteiger partial charge in [0.2, 0.25) is 5.91 Å². The Bertz CT molecular complexity index is 886. The number of anilines is 1. The molecule has 2 heterocycles. The van der Waals surface area contributed by atoms with Gasteiger partial charge in [-0.3, -0.25) is 9.59 Å². The minimum absolute atomic E-state index is 0.131. The lowest BCUT2D eigenvalue weighted by molar-refractivity contribution is -0.116. The number of fused-ring (bicyclic) bond motifs is 1. The van der Waals surface area contributed by atoms with Gasteiger partial charge in [0, 0.05) is 17.5 Å². The standard InChI is InChI=1S/C14H13N5O2S/c1-9-8-15-14(22-9)16-12(20)6-7-19-13(21)10-4-2-3-5-11(10)17-18-19/h2-5,8H,6-7H2,1H3,(H,15,16,20). The summed E-state index contributed by atoms with van der Waals surface area (Å²) in [5, 5.41) is 11.6. The zero-order chi connectivity index (χ0) is 15.5. The summed E-state index contributed by atoms with van der Waals surface area (Å²) in [7, 11) is 0. The van der Waals surface area contributed by atoms with E-state index in [4.69, 9.17) is 0 Å². The summed E-state index contributed by atoms with van der Waals surface area (Å²) in [4.78, 5) is 29.2. The molecule has 0 radical (unpaired) electrons. The summed E-state index contributed by atoms with van der Waals surface area (Å²) in [5.41, 5.74) is 0.301. The van der Waals surface area contributed by atoms with E-state index in [-0.39, 0.29) is 24.4 Å². The predicted octanol–water partition coefficient (Wildman–Crippen LogP) is 1.59. The molecule has 0 aliphatic carbocycles. The highest BCUT2D eigenvalue weighted by molar-refractivity contribution is 7.15. The van der Waals surface area contributed by atoms with E-state index in [0.29, 0.717) is 16.0 Å². The molecule has 1 N–H and O–H groups in total. The number of amides is 1. The molecule has 1 amide bonds. The lowest BCUT2D eigenvalue weighted by Crippen LogP contribution is -2.26. The molecule has 3 aromatic rings. The first-order valence-corrected chi connectivity index (χ1v) is 7.50. The van der Waals surface area contributed by atoms with Crippen LogP contribution >= 0.6 is 11.3 Å². The fourth-order valence-corrected chi connectivity index (χ4v) is 2.65. The van der Waals surface area contributed by atoms with Gasteiger partial charge in [-0.1, -0.05) is 17.3 Å². The van der Waals surface area contributed by atoms with Crippen molar-refractivity contribution >= 4 is 33.3 Å². The lowest BCUT2D eigenvalue weighted by Gasteiger charge is -2.04. The van der Waals surface area contributed by atoms with Gasteiger partial charge in [0.15, 0.2) is 5.13 Å². The fraction of sp³-hybridized carbons (Fsp3) is 0.214. The molecule has 0 spiro atoms. The Labute approximate surface area is 129 Å². The quantitative estimate of drug-likeness (QED) is 0.789. The van der Waals surface area contributed by atoms with Crippen LogP contribution in [0.4, 0.5) is 5.13 Å². The van der Waals surface area contributed by atoms with Gasteiger partial charge in [-0.2, -0.15) is 0 Å². The molecule has 0 atom stereocenters. The van der Waals surface area contributed by atoms with Crippen LogP contribution in [-0.4, -0.2) is 25.9 Å². The normalized spacial score (nSPS) is 10.8. The van der Waals surface area contributed by atoms with Gasteiger partial charge in [-0.15, -0.1) is 16.4 Å². The van der Waals surface area contributed by atoms with Crippen molar-refractivity contribution in [1.82, 2.24) is 20.0 Å². The Kier molecular flexibility index (Phi) is 3.92. The molecule has 1 aromatic carbocycles. The van der Waals surface area contributed by atoms with Gasteiger partial charge < -0.3 is 5.32 Å². The van der Waals surface area contributed by atoms with Gasteiger partial charge in [0.25, 0.3) is 5.56 Å². The van der Waals surface area contributed by atoms with Crippen LogP contribution in [0.25, 0.3) is 10.9 Å². The number of aryl methyl sites for hydroxylation is 2. The minimum atomic E-state index is -0.247. The second-order valence-electron chi connectivity index (χ2n) is 4.71. The van der Waals surface area contributed by atoms with E-state index in [9.17, 15) is 9.59 Å². The predicted molar refractivity (Wildman–Crippen MR) is 83.9 cm³/mol. The van der Waals surface area contributed by atoms with Crippen molar-refractivity contribution < 1.29 is 4.79 Å². The van der Waals surface area contributed by atoms with Crippen molar-refractivity contribution in [2.45, 2.75) is 19.9 Å². The largest absolute Gasteiger partial charge is 0.302 e. The number of nitrogens with one attached hydrogen (secondary N) is 1. The number of nitrogens with zero attached hydrogens (tertiary/aromatic N) is 4. The summed E-state index contributed by atoms with van der Waals surface area (Å²) >= 11 is 1.40. The van der Waals surface area contributed by atoms with Gasteiger partial charge in [-0.05, 0) is 19.1 Å². The minimum Gasteiger partial charge on any atom is -0.302 e. The molecule has 3 rings (SSSR count). The van der Waals surface area contributed by atoms with E-state index in [1.807, 2.05) is 6.92 Å². The van der Waals surface area contributed by atoms with Gasteiger partial charge >= 0.3 is 0 Å². The molecule has 0 aliphatic heterocycles. The first kappa shape index (κ1) is 14.3. The van der Waals surface area contributed by atoms with Crippen LogP contribution in [0, 0.1) is 6.92 Å². The monoisotopic (exact) mass is 315 g/mol. The van der Waals surface area contributed by atoms with Crippen molar-refractivity contribution in [3.63, 3.8) is 0 Å². The van der Waals surface area contributed by atoms with Crippen LogP contribution in [-0.2, 0) is 11.3 Å². The van der Waals surface area contributed by atoms with Crippen LogP contribution in [0.1, 0.15) is 11.3 Å². The van der Waals surface area contributed by atoms with Crippen LogP contribution in [0.2, 0.25) is 0 Å². The average Bonchev–Trinajstić information content (AvgIpc) is 2.92. The van der Waals surface area contributed by atoms with Gasteiger partial charge in [0.05, 0.1) is 11.9 Å². The molecule has 0 fully saturated rings. The molecule has 7 nitrogen and oxygen atoms in total. The SMILES string of the molecule is Cc1cnc(NC(=O)CCn2nnc3ccccc3c2=O)s1. The molecular weight excluding hydrogens is 302 g/mol. The molecule has 0 bridgehead atoms. The highest BCUT2D eigenvalue weighted by atomic mass is 32.1. The van der Waals surface area contributed by atoms with Crippen LogP contribution < -0.4 is 10.9 Å². The number of aromatic nitrogens is 4. The van der Waals surface area contributed by atoms with Crippen molar-refractivity contribution in [2.24, 2.45) is 0 Å². The molecule has 112 valence electrons. The number of benzene rings is 1. The number of thiazole rings is 1. The fourth-order valence-electron chi connectivity index (χ4n) is 1.97. The molecule has 0 aliphatic rings. The third kappa shape index (κ3) is 3.01. The van der Waals surface area contributed by atoms with E-state index >= 15 is 0 Å². The number of carbonyl (C=O) groups is 1. The van der Waals surface area contributed by atoms with Crippen molar-refractivity contribution in [2.75, 3.05) is 5.32 Å². The third-order valence-corrected chi connectivity index (χ3v) is 3.88. The van der Waals surface area contributed by atoms with E-state index in [2.05, 4.69) is 20.6 Å². The highest BCUT2D eigenvalue weighted by Gasteiger charge is 2.09. The maximum absolute atomic E-state index is 12.2. The third-order valence-electron chi connectivity index (χ3n) is 3.05. The molecular formula is C14H13N5O2S. The maximum atomic E-state index is 12.2. The number of rotatable bonds is 4. The molecule has 0 saturated carbocycles. The van der Waals surface area contributed by atoms with E-state index < -0.39 is 0 Å². The second kappa shape index (κ2) is 6.02. The summed E-state index contributed by atoms with van der Waals surface area (Å²) in [6, 6.07) is 6.99. The van der Waals surface area contributed by atoms with Crippen molar-refractivity contribution in [3.05, 3.63) is 45.7 Å². The first-order valence-electron chi connectivity index (χ1n) is 6.68. The molecule has 8 heteroatoms. The number of hydrogen-bond acceptors (Lipinski definition) is 6. The Morgan fingerprint density at radius 2 is 2.18 bits per heavy atom. The van der Waals surface area contributed by atoms with Gasteiger partial charge in [0.1, 0.15) is 5.52 Å². The van der Waals surface area contributed by atoms with Crippen LogP contribution in [0.15, 0.2) is 35.3 Å². The van der Waals surface area contributed by atoms with E-state index in [0.717, 1.165) is 4.88 Å². The molecule has 0 saturated heterocycles. The Hall–Kier alpha value is -2.61. The van der Waals surface area contributed by atoms with Crippen molar-refractivity contribution in [3.8, 4) is 0 Å². The number of hydrogen-bond donors (Lipinski definition) is 1. The number of carbonyl (C=O) groups excluding carboxylic acids is 1. The summed E-state index contributed by atoms with van der Waals surface area (Å²) in [6.45, 7) is 2.09.